The molecule has 0 radical (unpaired) electrons. The molecule has 0 unspecified atom stereocenters. The van der Waals surface area contributed by atoms with Crippen LogP contribution in [0.15, 0.2) is 24.3 Å². The largest absolute Gasteiger partial charge is 0.394 e. The van der Waals surface area contributed by atoms with Gasteiger partial charge >= 0.3 is 0 Å². The Morgan fingerprint density at radius 2 is 2.09 bits per heavy atom. The number of fused-ring (bicyclic) bond motifs is 1. The van der Waals surface area contributed by atoms with Crippen LogP contribution in [-0.2, 0) is 16.0 Å². The maximum Gasteiger partial charge on any atom is 0.123 e. The van der Waals surface area contributed by atoms with Crippen LogP contribution in [0.5, 0.6) is 0 Å². The number of aliphatic hydroxyl groups is 1. The highest BCUT2D eigenvalue weighted by molar-refractivity contribution is 5.17. The van der Waals surface area contributed by atoms with Gasteiger partial charge in [0.25, 0.3) is 0 Å². The average Bonchev–Trinajstić information content (AvgIpc) is 2.93. The van der Waals surface area contributed by atoms with E-state index in [-0.39, 0.29) is 24.1 Å². The molecule has 3 rings (SSSR count). The minimum absolute atomic E-state index is 0.0654. The average molecular weight is 323 g/mol. The van der Waals surface area contributed by atoms with E-state index in [1.807, 2.05) is 19.2 Å². The van der Waals surface area contributed by atoms with Crippen LogP contribution in [-0.4, -0.2) is 54.6 Å². The number of nitrogens with zero attached hydrogens (tertiary/aromatic N) is 1. The molecule has 0 bridgehead atoms. The fourth-order valence-electron chi connectivity index (χ4n) is 4.14. The number of hydrogen-bond donors (Lipinski definition) is 1. The molecule has 2 aliphatic rings. The molecule has 1 aromatic carbocycles. The van der Waals surface area contributed by atoms with Gasteiger partial charge in [0.05, 0.1) is 24.9 Å². The van der Waals surface area contributed by atoms with Gasteiger partial charge in [0.2, 0.25) is 0 Å². The SMILES string of the molecule is CO[C@@]12CC[C@H](OCCO)C[C@@H]1N(Cc1ccc(F)cc1)CC2. The van der Waals surface area contributed by atoms with Crippen LogP contribution in [0.2, 0.25) is 0 Å². The summed E-state index contributed by atoms with van der Waals surface area (Å²) in [6.07, 6.45) is 4.11. The molecular weight excluding hydrogens is 297 g/mol. The van der Waals surface area contributed by atoms with Gasteiger partial charge in [0, 0.05) is 26.2 Å². The van der Waals surface area contributed by atoms with E-state index >= 15 is 0 Å². The maximum atomic E-state index is 13.1. The standard InChI is InChI=1S/C18H26FNO3/c1-22-18-7-6-16(23-11-10-21)12-17(18)20(9-8-18)13-14-2-4-15(19)5-3-14/h2-5,16-17,21H,6-13H2,1H3/t16-,17-,18+/m0/s1. The third kappa shape index (κ3) is 3.58. The summed E-state index contributed by atoms with van der Waals surface area (Å²) >= 11 is 0. The number of benzene rings is 1. The molecular formula is C18H26FNO3. The molecule has 2 fully saturated rings. The molecule has 0 aromatic heterocycles. The third-order valence-corrected chi connectivity index (χ3v) is 5.40. The topological polar surface area (TPSA) is 41.9 Å². The molecule has 1 aliphatic heterocycles. The lowest BCUT2D eigenvalue weighted by Crippen LogP contribution is -2.51. The minimum Gasteiger partial charge on any atom is -0.394 e. The molecule has 1 heterocycles. The normalized spacial score (nSPS) is 31.3. The van der Waals surface area contributed by atoms with Crippen molar-refractivity contribution < 1.29 is 19.0 Å². The first-order valence-electron chi connectivity index (χ1n) is 8.43. The summed E-state index contributed by atoms with van der Waals surface area (Å²) in [5.41, 5.74) is 1.04. The Bertz CT molecular complexity index is 509. The number of methoxy groups -OCH3 is 1. The van der Waals surface area contributed by atoms with Crippen molar-refractivity contribution in [2.45, 2.75) is 50.0 Å². The van der Waals surface area contributed by atoms with Gasteiger partial charge in [-0.15, -0.1) is 0 Å². The van der Waals surface area contributed by atoms with E-state index < -0.39 is 0 Å². The predicted octanol–water partition coefficient (Wildman–Crippen LogP) is 2.35. The van der Waals surface area contributed by atoms with Gasteiger partial charge in [-0.1, -0.05) is 12.1 Å². The van der Waals surface area contributed by atoms with Crippen molar-refractivity contribution in [3.8, 4) is 0 Å². The Kier molecular flexibility index (Phi) is 5.31. The summed E-state index contributed by atoms with van der Waals surface area (Å²) in [5.74, 6) is -0.198. The van der Waals surface area contributed by atoms with Crippen molar-refractivity contribution in [3.63, 3.8) is 0 Å². The second kappa shape index (κ2) is 7.26. The molecule has 3 atom stereocenters. The summed E-state index contributed by atoms with van der Waals surface area (Å²) in [4.78, 5) is 2.44. The van der Waals surface area contributed by atoms with E-state index in [9.17, 15) is 4.39 Å². The molecule has 4 nitrogen and oxygen atoms in total. The van der Waals surface area contributed by atoms with Crippen LogP contribution >= 0.6 is 0 Å². The molecule has 128 valence electrons. The van der Waals surface area contributed by atoms with Crippen molar-refractivity contribution in [1.82, 2.24) is 4.90 Å². The van der Waals surface area contributed by atoms with E-state index in [2.05, 4.69) is 4.90 Å². The molecule has 1 saturated carbocycles. The number of likely N-dealkylation sites (tertiary alicyclic amines) is 1. The molecule has 1 aliphatic carbocycles. The lowest BCUT2D eigenvalue weighted by Gasteiger charge is -2.43. The fraction of sp³-hybridized carbons (Fsp3) is 0.667. The van der Waals surface area contributed by atoms with Crippen LogP contribution in [0.4, 0.5) is 4.39 Å². The van der Waals surface area contributed by atoms with Crippen LogP contribution in [0.25, 0.3) is 0 Å². The molecule has 1 aromatic rings. The Hall–Kier alpha value is -1.01. The fourth-order valence-corrected chi connectivity index (χ4v) is 4.14. The van der Waals surface area contributed by atoms with Gasteiger partial charge < -0.3 is 14.6 Å². The lowest BCUT2D eigenvalue weighted by atomic mass is 9.79. The van der Waals surface area contributed by atoms with Crippen molar-refractivity contribution >= 4 is 0 Å². The van der Waals surface area contributed by atoms with Crippen molar-refractivity contribution in [2.24, 2.45) is 0 Å². The lowest BCUT2D eigenvalue weighted by molar-refractivity contribution is -0.104. The Morgan fingerprint density at radius 3 is 2.78 bits per heavy atom. The molecule has 1 saturated heterocycles. The van der Waals surface area contributed by atoms with Gasteiger partial charge in [-0.3, -0.25) is 4.90 Å². The quantitative estimate of drug-likeness (QED) is 0.872. The van der Waals surface area contributed by atoms with Crippen LogP contribution < -0.4 is 0 Å². The number of hydrogen-bond acceptors (Lipinski definition) is 4. The van der Waals surface area contributed by atoms with Crippen LogP contribution in [0.3, 0.4) is 0 Å². The summed E-state index contributed by atoms with van der Waals surface area (Å²) < 4.78 is 24.8. The van der Waals surface area contributed by atoms with E-state index in [1.54, 1.807) is 0 Å². The van der Waals surface area contributed by atoms with Crippen molar-refractivity contribution in [2.75, 3.05) is 26.9 Å². The molecule has 1 N–H and O–H groups in total. The second-order valence-corrected chi connectivity index (χ2v) is 6.62. The highest BCUT2D eigenvalue weighted by Gasteiger charge is 2.51. The first-order chi connectivity index (χ1) is 11.2. The summed E-state index contributed by atoms with van der Waals surface area (Å²) in [5, 5.41) is 8.96. The zero-order chi connectivity index (χ0) is 16.3. The van der Waals surface area contributed by atoms with Crippen LogP contribution in [0.1, 0.15) is 31.2 Å². The third-order valence-electron chi connectivity index (χ3n) is 5.40. The monoisotopic (exact) mass is 323 g/mol. The summed E-state index contributed by atoms with van der Waals surface area (Å²) in [6, 6.07) is 7.05. The highest BCUT2D eigenvalue weighted by Crippen LogP contribution is 2.43. The highest BCUT2D eigenvalue weighted by atomic mass is 19.1. The maximum absolute atomic E-state index is 13.1. The van der Waals surface area contributed by atoms with E-state index in [1.165, 1.54) is 12.1 Å². The predicted molar refractivity (Wildman–Crippen MR) is 85.6 cm³/mol. The van der Waals surface area contributed by atoms with E-state index in [0.29, 0.717) is 12.6 Å². The second-order valence-electron chi connectivity index (χ2n) is 6.62. The number of halogens is 1. The summed E-state index contributed by atoms with van der Waals surface area (Å²) in [6.45, 7) is 2.26. The van der Waals surface area contributed by atoms with Gasteiger partial charge in [0.15, 0.2) is 0 Å². The zero-order valence-corrected chi connectivity index (χ0v) is 13.7. The zero-order valence-electron chi connectivity index (χ0n) is 13.7. The van der Waals surface area contributed by atoms with E-state index in [4.69, 9.17) is 14.6 Å². The minimum atomic E-state index is -0.198. The Balaban J connectivity index is 1.69. The smallest absolute Gasteiger partial charge is 0.123 e. The first-order valence-corrected chi connectivity index (χ1v) is 8.43. The number of ether oxygens (including phenoxy) is 2. The molecule has 0 spiro atoms. The number of rotatable bonds is 6. The van der Waals surface area contributed by atoms with Gasteiger partial charge in [-0.25, -0.2) is 4.39 Å². The van der Waals surface area contributed by atoms with E-state index in [0.717, 1.165) is 44.3 Å². The van der Waals surface area contributed by atoms with Gasteiger partial charge in [-0.05, 0) is 43.4 Å². The number of aliphatic hydroxyl groups excluding tert-OH is 1. The molecule has 23 heavy (non-hydrogen) atoms. The van der Waals surface area contributed by atoms with Gasteiger partial charge in [0.1, 0.15) is 5.82 Å². The van der Waals surface area contributed by atoms with Crippen LogP contribution in [0, 0.1) is 5.82 Å². The molecule has 5 heteroatoms. The van der Waals surface area contributed by atoms with Crippen molar-refractivity contribution in [3.05, 3.63) is 35.6 Å². The van der Waals surface area contributed by atoms with Crippen molar-refractivity contribution in [1.29, 1.82) is 0 Å². The van der Waals surface area contributed by atoms with Gasteiger partial charge in [-0.2, -0.15) is 0 Å². The Labute approximate surface area is 137 Å². The summed E-state index contributed by atoms with van der Waals surface area (Å²) in [7, 11) is 1.81. The molecule has 0 amide bonds. The first kappa shape index (κ1) is 16.8. The Morgan fingerprint density at radius 1 is 1.30 bits per heavy atom.